The van der Waals surface area contributed by atoms with Crippen LogP contribution >= 0.6 is 0 Å². The fraction of sp³-hybridized carbons (Fsp3) is 0.146. The first-order chi connectivity index (χ1) is 58.4. The van der Waals surface area contributed by atoms with Crippen molar-refractivity contribution in [2.75, 3.05) is 0 Å². The molecule has 15 aromatic rings. The molecule has 0 spiro atoms. The summed E-state index contributed by atoms with van der Waals surface area (Å²) < 4.78 is 18.0. The van der Waals surface area contributed by atoms with Crippen LogP contribution in [0, 0.1) is 0 Å². The molecule has 120 heavy (non-hydrogen) atoms. The van der Waals surface area contributed by atoms with Gasteiger partial charge >= 0.3 is 21.4 Å². The van der Waals surface area contributed by atoms with Crippen molar-refractivity contribution in [1.82, 2.24) is 0 Å². The van der Waals surface area contributed by atoms with Crippen LogP contribution in [0.25, 0.3) is 57.2 Å². The monoisotopic (exact) mass is 1590 g/mol. The molecule has 0 saturated carbocycles. The summed E-state index contributed by atoms with van der Waals surface area (Å²) in [4.78, 5) is 0. The number of hydrogen-bond acceptors (Lipinski definition) is 6. The molecule has 8 heterocycles. The van der Waals surface area contributed by atoms with E-state index in [0.717, 1.165) is 63.5 Å². The third-order valence-electron chi connectivity index (χ3n) is 17.9. The van der Waals surface area contributed by atoms with Crippen LogP contribution in [0.1, 0.15) is 94.5 Å². The van der Waals surface area contributed by atoms with Crippen molar-refractivity contribution < 1.29 is 66.7 Å². The summed E-state index contributed by atoms with van der Waals surface area (Å²) in [5, 5.41) is 48.2. The number of nitrogens with zero attached hydrogens (tertiary/aromatic N) is 8. The lowest BCUT2D eigenvalue weighted by Gasteiger charge is -2.06. The Morgan fingerprint density at radius 3 is 0.883 bits per heavy atom. The average molecular weight is 1600 g/mol. The van der Waals surface area contributed by atoms with Crippen molar-refractivity contribution in [2.24, 2.45) is 0 Å². The fourth-order valence-corrected chi connectivity index (χ4v) is 12.5. The third-order valence-corrected chi connectivity index (χ3v) is 17.9. The molecule has 606 valence electrons. The average Bonchev–Trinajstić information content (AvgIpc) is 0.765. The standard InChI is InChI=1S/C38H34N4.C28H26N2.C26H24N2.2C3H6.C2H6.3CH5BO2/c1-3-11-31(12-4-1)26-40-22-8-15-34(28-40)30-42-24-10-17-36-35-16-9-23-41(37(35)18-19-38(36)42)29-33-14-7-13-32(25-33)27-39-20-5-2-6-21-39;1-2-24-8-12-28(13-9-24)23-30-20-16-26(17-21-30)11-10-25-14-18-29(19-15-25)22-27-6-4-3-5-7-27;1-2-22-8-10-24(11-9-22)21-28-18-14-26(15-19-28)25-12-16-27(17-13-25)20-23-6-4-3-5-7-23;2*1-3-2;1-2;3*1-2(3)4/h1-25,28H,26-27,29-30H2;2-21H,1,22-23H2;2-19H,1,20-21H2;2*3H,1H2,2H3;1-2H3;3*3-4H,1H3/q+4;2*+2;;;;;;/b;11-10+;;;;;;;. The Kier molecular flexibility index (Phi) is 41.8. The molecule has 0 aliphatic carbocycles. The van der Waals surface area contributed by atoms with Gasteiger partial charge in [0, 0.05) is 130 Å². The zero-order valence-electron chi connectivity index (χ0n) is 70.6. The Morgan fingerprint density at radius 1 is 0.258 bits per heavy atom. The second-order valence-corrected chi connectivity index (χ2v) is 28.0. The molecule has 0 radical (unpaired) electrons. The number of pyridine rings is 8. The second kappa shape index (κ2) is 53.3. The first kappa shape index (κ1) is 94.1. The summed E-state index contributed by atoms with van der Waals surface area (Å²) in [5.74, 6) is 0. The molecule has 0 amide bonds. The molecule has 8 aromatic heterocycles. The number of allylic oxidation sites excluding steroid dienone is 2. The van der Waals surface area contributed by atoms with Crippen molar-refractivity contribution in [2.45, 2.75) is 101 Å². The van der Waals surface area contributed by atoms with E-state index < -0.39 is 21.4 Å². The highest BCUT2D eigenvalue weighted by Crippen LogP contribution is 2.23. The van der Waals surface area contributed by atoms with E-state index in [9.17, 15) is 0 Å². The molecular formula is C103H117B3N8O6+8. The van der Waals surface area contributed by atoms with Gasteiger partial charge in [-0.2, -0.15) is 9.13 Å². The summed E-state index contributed by atoms with van der Waals surface area (Å²) in [5.41, 5.74) is 20.0. The predicted molar refractivity (Wildman–Crippen MR) is 492 cm³/mol. The van der Waals surface area contributed by atoms with Gasteiger partial charge in [-0.15, -0.1) is 13.2 Å². The van der Waals surface area contributed by atoms with E-state index in [2.05, 4.69) is 435 Å². The van der Waals surface area contributed by atoms with Crippen molar-refractivity contribution in [1.29, 1.82) is 0 Å². The maximum Gasteiger partial charge on any atom is 0.448 e. The smallest absolute Gasteiger partial charge is 0.427 e. The quantitative estimate of drug-likeness (QED) is 0.0182. The normalized spacial score (nSPS) is 10.1. The van der Waals surface area contributed by atoms with E-state index >= 15 is 0 Å². The van der Waals surface area contributed by atoms with Crippen LogP contribution in [0.5, 0.6) is 0 Å². The lowest BCUT2D eigenvalue weighted by atomic mass is 9.99. The van der Waals surface area contributed by atoms with Crippen LogP contribution in [0.15, 0.2) is 404 Å². The largest absolute Gasteiger partial charge is 0.448 e. The molecule has 0 atom stereocenters. The summed E-state index contributed by atoms with van der Waals surface area (Å²) >= 11 is 0. The fourth-order valence-electron chi connectivity index (χ4n) is 12.5. The second-order valence-electron chi connectivity index (χ2n) is 28.0. The number of aromatic nitrogens is 8. The van der Waals surface area contributed by atoms with Crippen LogP contribution < -0.4 is 36.5 Å². The maximum absolute atomic E-state index is 7.61. The highest BCUT2D eigenvalue weighted by Gasteiger charge is 2.20. The topological polar surface area (TPSA) is 152 Å². The molecular weight excluding hydrogens is 1480 g/mol. The molecule has 0 aliphatic heterocycles. The Hall–Kier alpha value is -13.1. The van der Waals surface area contributed by atoms with Gasteiger partial charge in [0.2, 0.25) is 11.0 Å². The van der Waals surface area contributed by atoms with Crippen LogP contribution in [0.4, 0.5) is 0 Å². The van der Waals surface area contributed by atoms with E-state index in [4.69, 9.17) is 30.1 Å². The van der Waals surface area contributed by atoms with Crippen molar-refractivity contribution >= 4 is 67.5 Å². The first-order valence-electron chi connectivity index (χ1n) is 40.5. The molecule has 0 saturated heterocycles. The Morgan fingerprint density at radius 2 is 0.525 bits per heavy atom. The predicted octanol–water partition coefficient (Wildman–Crippen LogP) is 15.9. The van der Waals surface area contributed by atoms with Gasteiger partial charge in [0.1, 0.15) is 0 Å². The molecule has 6 N–H and O–H groups in total. The molecule has 17 heteroatoms. The van der Waals surface area contributed by atoms with Crippen LogP contribution in [0.2, 0.25) is 20.5 Å². The summed E-state index contributed by atoms with van der Waals surface area (Å²) in [6.45, 7) is 32.8. The summed E-state index contributed by atoms with van der Waals surface area (Å²) in [7, 11) is -3.50. The number of fused-ring (bicyclic) bond motifs is 3. The van der Waals surface area contributed by atoms with Gasteiger partial charge < -0.3 is 30.1 Å². The number of benzene rings is 7. The minimum Gasteiger partial charge on any atom is -0.427 e. The minimum absolute atomic E-state index is 0.817. The highest BCUT2D eigenvalue weighted by atomic mass is 16.4. The zero-order valence-corrected chi connectivity index (χ0v) is 70.6. The van der Waals surface area contributed by atoms with Crippen molar-refractivity contribution in [3.05, 3.63) is 471 Å². The Labute approximate surface area is 712 Å². The van der Waals surface area contributed by atoms with Crippen LogP contribution in [-0.4, -0.2) is 51.5 Å². The summed E-state index contributed by atoms with van der Waals surface area (Å²) in [6, 6.07) is 98.8. The lowest BCUT2D eigenvalue weighted by Crippen LogP contribution is -2.38. The Bertz CT molecular complexity index is 5310. The third kappa shape index (κ3) is 34.6. The molecule has 0 aliphatic rings. The van der Waals surface area contributed by atoms with E-state index in [0.29, 0.717) is 0 Å². The molecule has 14 nitrogen and oxygen atoms in total. The van der Waals surface area contributed by atoms with Gasteiger partial charge in [-0.3, -0.25) is 0 Å². The molecule has 7 aromatic carbocycles. The number of rotatable bonds is 21. The highest BCUT2D eigenvalue weighted by molar-refractivity contribution is 6.39. The van der Waals surface area contributed by atoms with Gasteiger partial charge in [-0.1, -0.05) is 227 Å². The zero-order chi connectivity index (χ0) is 86.1. The van der Waals surface area contributed by atoms with Crippen LogP contribution in [0.3, 0.4) is 0 Å². The van der Waals surface area contributed by atoms with E-state index in [-0.39, 0.29) is 0 Å². The molecule has 0 bridgehead atoms. The molecule has 15 rings (SSSR count). The van der Waals surface area contributed by atoms with Crippen molar-refractivity contribution in [3.8, 4) is 11.1 Å². The van der Waals surface area contributed by atoms with E-state index in [1.807, 2.05) is 45.9 Å². The molecule has 0 unspecified atom stereocenters. The SMILES string of the molecule is C=CC.C=CC.C=Cc1ccc(C[n+]2ccc(-c3cc[n+](Cc4ccccc4)cc3)cc2)cc1.C=Cc1ccc(C[n+]2ccc(/C=C/c3cc[n+](Cc4ccccc4)cc3)cc2)cc1.CB(O)O.CB(O)O.CB(O)O.CC.c1ccc(C[n+]2cccc(C[n+]3cccc4c5ccc[n+](Cc6cccc(C[n+]7ccccc7)c6)c5ccc43)c2)cc1. The van der Waals surface area contributed by atoms with E-state index in [1.165, 1.54) is 109 Å². The molecule has 0 fully saturated rings. The lowest BCUT2D eigenvalue weighted by molar-refractivity contribution is -0.693. The first-order valence-corrected chi connectivity index (χ1v) is 40.5. The minimum atomic E-state index is -1.17. The van der Waals surface area contributed by atoms with Gasteiger partial charge in [0.25, 0.3) is 0 Å². The maximum atomic E-state index is 7.61. The van der Waals surface area contributed by atoms with Gasteiger partial charge in [0.15, 0.2) is 139 Å². The van der Waals surface area contributed by atoms with Gasteiger partial charge in [0.05, 0.1) is 16.3 Å². The van der Waals surface area contributed by atoms with Crippen LogP contribution in [-0.2, 0) is 52.4 Å². The number of hydrogen-bond donors (Lipinski definition) is 6. The Balaban J connectivity index is 0.000000227. The van der Waals surface area contributed by atoms with E-state index in [1.54, 1.807) is 12.2 Å². The summed E-state index contributed by atoms with van der Waals surface area (Å²) in [6.07, 6.45) is 41.6. The van der Waals surface area contributed by atoms with Crippen molar-refractivity contribution in [3.63, 3.8) is 0 Å². The van der Waals surface area contributed by atoms with Gasteiger partial charge in [-0.05, 0) is 92.0 Å². The van der Waals surface area contributed by atoms with Gasteiger partial charge in [-0.25, -0.2) is 27.4 Å².